The number of halogens is 1. The summed E-state index contributed by atoms with van der Waals surface area (Å²) in [5, 5.41) is 13.6. The van der Waals surface area contributed by atoms with Gasteiger partial charge in [0, 0.05) is 0 Å². The molecule has 0 fully saturated rings. The highest BCUT2D eigenvalue weighted by atomic mass is 19.1. The predicted molar refractivity (Wildman–Crippen MR) is 66.4 cm³/mol. The number of benzene rings is 1. The number of anilines is 1. The molecule has 0 spiro atoms. The van der Waals surface area contributed by atoms with Crippen LogP contribution in [-0.2, 0) is 6.54 Å². The maximum absolute atomic E-state index is 13.4. The Hall–Kier alpha value is -2.44. The molecule has 6 nitrogen and oxygen atoms in total. The van der Waals surface area contributed by atoms with E-state index in [4.69, 9.17) is 4.42 Å². The van der Waals surface area contributed by atoms with E-state index in [2.05, 4.69) is 10.3 Å². The molecular weight excluding hydrogens is 253 g/mol. The van der Waals surface area contributed by atoms with Crippen molar-refractivity contribution >= 4 is 11.4 Å². The van der Waals surface area contributed by atoms with E-state index in [0.29, 0.717) is 11.7 Å². The van der Waals surface area contributed by atoms with Gasteiger partial charge in [-0.1, -0.05) is 6.07 Å². The van der Waals surface area contributed by atoms with Crippen LogP contribution in [0.4, 0.5) is 15.8 Å². The molecule has 0 unspecified atom stereocenters. The van der Waals surface area contributed by atoms with Gasteiger partial charge in [-0.3, -0.25) is 10.1 Å². The molecule has 0 radical (unpaired) electrons. The zero-order valence-electron chi connectivity index (χ0n) is 10.4. The van der Waals surface area contributed by atoms with Crippen molar-refractivity contribution in [3.05, 3.63) is 51.5 Å². The normalized spacial score (nSPS) is 10.5. The smallest absolute Gasteiger partial charge is 0.327 e. The third kappa shape index (κ3) is 2.70. The highest BCUT2D eigenvalue weighted by Crippen LogP contribution is 2.27. The summed E-state index contributed by atoms with van der Waals surface area (Å²) in [4.78, 5) is 14.2. The lowest BCUT2D eigenvalue weighted by Gasteiger charge is -2.05. The molecule has 0 atom stereocenters. The molecule has 0 aliphatic rings. The minimum absolute atomic E-state index is 0.0958. The number of oxazole rings is 1. The number of nitro groups is 1. The number of para-hydroxylation sites is 1. The molecule has 0 aliphatic carbocycles. The lowest BCUT2D eigenvalue weighted by molar-refractivity contribution is -0.386. The van der Waals surface area contributed by atoms with Crippen LogP contribution in [0.1, 0.15) is 17.3 Å². The Kier molecular flexibility index (Phi) is 3.46. The summed E-state index contributed by atoms with van der Waals surface area (Å²) in [5.41, 5.74) is 0.270. The quantitative estimate of drug-likeness (QED) is 0.679. The van der Waals surface area contributed by atoms with Crippen LogP contribution in [-0.4, -0.2) is 9.91 Å². The fourth-order valence-electron chi connectivity index (χ4n) is 1.63. The summed E-state index contributed by atoms with van der Waals surface area (Å²) < 4.78 is 18.7. The summed E-state index contributed by atoms with van der Waals surface area (Å²) in [6.07, 6.45) is 0. The zero-order chi connectivity index (χ0) is 14.0. The molecule has 1 heterocycles. The lowest BCUT2D eigenvalue weighted by Crippen LogP contribution is -2.04. The molecule has 0 saturated heterocycles. The van der Waals surface area contributed by atoms with Gasteiger partial charge in [0.05, 0.1) is 17.2 Å². The van der Waals surface area contributed by atoms with Gasteiger partial charge in [-0.15, -0.1) is 0 Å². The van der Waals surface area contributed by atoms with Crippen LogP contribution in [0.25, 0.3) is 0 Å². The molecule has 19 heavy (non-hydrogen) atoms. The van der Waals surface area contributed by atoms with Crippen LogP contribution < -0.4 is 5.32 Å². The first-order valence-electron chi connectivity index (χ1n) is 5.58. The van der Waals surface area contributed by atoms with Gasteiger partial charge in [-0.2, -0.15) is 4.39 Å². The first-order chi connectivity index (χ1) is 8.99. The molecule has 0 saturated carbocycles. The van der Waals surface area contributed by atoms with Gasteiger partial charge in [0.15, 0.2) is 0 Å². The fraction of sp³-hybridized carbons (Fsp3) is 0.250. The maximum atomic E-state index is 13.4. The average molecular weight is 265 g/mol. The molecule has 2 aromatic rings. The Morgan fingerprint density at radius 3 is 2.79 bits per heavy atom. The molecule has 0 bridgehead atoms. The Labute approximate surface area is 108 Å². The summed E-state index contributed by atoms with van der Waals surface area (Å²) in [6, 6.07) is 3.88. The number of rotatable bonds is 4. The minimum Gasteiger partial charge on any atom is -0.444 e. The van der Waals surface area contributed by atoms with Crippen molar-refractivity contribution in [1.82, 2.24) is 4.98 Å². The number of nitrogens with one attached hydrogen (secondary N) is 1. The van der Waals surface area contributed by atoms with Crippen molar-refractivity contribution < 1.29 is 13.7 Å². The van der Waals surface area contributed by atoms with Gasteiger partial charge in [0.2, 0.25) is 11.7 Å². The van der Waals surface area contributed by atoms with Crippen molar-refractivity contribution in [3.8, 4) is 0 Å². The second-order valence-electron chi connectivity index (χ2n) is 4.00. The van der Waals surface area contributed by atoms with Crippen molar-refractivity contribution in [3.63, 3.8) is 0 Å². The summed E-state index contributed by atoms with van der Waals surface area (Å²) in [5.74, 6) is 0.203. The number of aromatic nitrogens is 1. The molecule has 100 valence electrons. The standard InChI is InChI=1S/C12H12FN3O3/c1-7-8(2)19-11(15-7)6-14-10-5-3-4-9(13)12(10)16(17)18/h3-5,14H,6H2,1-2H3. The number of nitro benzene ring substituents is 1. The van der Waals surface area contributed by atoms with Crippen LogP contribution in [0.3, 0.4) is 0 Å². The van der Waals surface area contributed by atoms with Crippen LogP contribution >= 0.6 is 0 Å². The van der Waals surface area contributed by atoms with Crippen LogP contribution in [0.2, 0.25) is 0 Å². The number of aryl methyl sites for hydroxylation is 2. The molecular formula is C12H12FN3O3. The second-order valence-corrected chi connectivity index (χ2v) is 4.00. The minimum atomic E-state index is -0.880. The Balaban J connectivity index is 2.20. The van der Waals surface area contributed by atoms with Gasteiger partial charge in [-0.25, -0.2) is 4.98 Å². The Morgan fingerprint density at radius 2 is 2.21 bits per heavy atom. The van der Waals surface area contributed by atoms with Gasteiger partial charge < -0.3 is 9.73 Å². The monoisotopic (exact) mass is 265 g/mol. The fourth-order valence-corrected chi connectivity index (χ4v) is 1.63. The molecule has 1 N–H and O–H groups in total. The molecule has 2 rings (SSSR count). The van der Waals surface area contributed by atoms with Crippen LogP contribution in [0, 0.1) is 29.8 Å². The van der Waals surface area contributed by atoms with E-state index in [9.17, 15) is 14.5 Å². The molecule has 1 aromatic heterocycles. The number of nitrogens with zero attached hydrogens (tertiary/aromatic N) is 2. The van der Waals surface area contributed by atoms with Crippen molar-refractivity contribution in [2.24, 2.45) is 0 Å². The number of hydrogen-bond donors (Lipinski definition) is 1. The molecule has 1 aromatic carbocycles. The molecule has 0 amide bonds. The summed E-state index contributed by atoms with van der Waals surface area (Å²) in [6.45, 7) is 3.72. The van der Waals surface area contributed by atoms with Gasteiger partial charge in [0.25, 0.3) is 0 Å². The van der Waals surface area contributed by atoms with Gasteiger partial charge >= 0.3 is 5.69 Å². The largest absolute Gasteiger partial charge is 0.444 e. The van der Waals surface area contributed by atoms with Crippen molar-refractivity contribution in [2.75, 3.05) is 5.32 Å². The van der Waals surface area contributed by atoms with Crippen molar-refractivity contribution in [1.29, 1.82) is 0 Å². The first kappa shape index (κ1) is 13.0. The topological polar surface area (TPSA) is 81.2 Å². The van der Waals surface area contributed by atoms with Crippen LogP contribution in [0.15, 0.2) is 22.6 Å². The van der Waals surface area contributed by atoms with Gasteiger partial charge in [0.1, 0.15) is 11.4 Å². The van der Waals surface area contributed by atoms with E-state index in [0.717, 1.165) is 11.8 Å². The highest BCUT2D eigenvalue weighted by Gasteiger charge is 2.19. The summed E-state index contributed by atoms with van der Waals surface area (Å²) >= 11 is 0. The van der Waals surface area contributed by atoms with E-state index in [1.165, 1.54) is 12.1 Å². The Bertz CT molecular complexity index is 605. The molecule has 0 aliphatic heterocycles. The highest BCUT2D eigenvalue weighted by molar-refractivity contribution is 5.61. The van der Waals surface area contributed by atoms with E-state index < -0.39 is 16.4 Å². The van der Waals surface area contributed by atoms with Crippen molar-refractivity contribution in [2.45, 2.75) is 20.4 Å². The van der Waals surface area contributed by atoms with E-state index in [1.807, 2.05) is 0 Å². The second kappa shape index (κ2) is 5.05. The third-order valence-corrected chi connectivity index (χ3v) is 2.67. The van der Waals surface area contributed by atoms with Gasteiger partial charge in [-0.05, 0) is 26.0 Å². The van der Waals surface area contributed by atoms with E-state index in [-0.39, 0.29) is 12.2 Å². The van der Waals surface area contributed by atoms with Crippen LogP contribution in [0.5, 0.6) is 0 Å². The first-order valence-corrected chi connectivity index (χ1v) is 5.58. The van der Waals surface area contributed by atoms with E-state index >= 15 is 0 Å². The zero-order valence-corrected chi connectivity index (χ0v) is 10.4. The lowest BCUT2D eigenvalue weighted by atomic mass is 10.2. The third-order valence-electron chi connectivity index (χ3n) is 2.67. The maximum Gasteiger partial charge on any atom is 0.327 e. The number of hydrogen-bond acceptors (Lipinski definition) is 5. The Morgan fingerprint density at radius 1 is 1.47 bits per heavy atom. The summed E-state index contributed by atoms with van der Waals surface area (Å²) in [7, 11) is 0. The van der Waals surface area contributed by atoms with E-state index in [1.54, 1.807) is 13.8 Å². The average Bonchev–Trinajstić information content (AvgIpc) is 2.65. The SMILES string of the molecule is Cc1nc(CNc2cccc(F)c2[N+](=O)[O-])oc1C. The predicted octanol–water partition coefficient (Wildman–Crippen LogP) is 2.95. The molecule has 7 heteroatoms.